The number of carbonyl (C=O) groups is 1. The Bertz CT molecular complexity index is 873. The number of fused-ring (bicyclic) bond motifs is 1. The van der Waals surface area contributed by atoms with Crippen molar-refractivity contribution < 1.29 is 13.9 Å². The molecule has 0 aliphatic carbocycles. The first-order valence-corrected chi connectivity index (χ1v) is 7.42. The van der Waals surface area contributed by atoms with E-state index >= 15 is 0 Å². The van der Waals surface area contributed by atoms with Crippen LogP contribution in [0.2, 0.25) is 0 Å². The Hall–Kier alpha value is -3.09. The zero-order valence-electron chi connectivity index (χ0n) is 13.7. The first kappa shape index (κ1) is 15.8. The number of hydrogen-bond donors (Lipinski definition) is 1. The Kier molecular flexibility index (Phi) is 4.33. The summed E-state index contributed by atoms with van der Waals surface area (Å²) in [6.07, 6.45) is 1.66. The van der Waals surface area contributed by atoms with Gasteiger partial charge >= 0.3 is 0 Å². The molecule has 0 radical (unpaired) electrons. The number of furan rings is 1. The van der Waals surface area contributed by atoms with Crippen LogP contribution >= 0.6 is 0 Å². The Balaban J connectivity index is 1.74. The summed E-state index contributed by atoms with van der Waals surface area (Å²) in [5, 5.41) is 3.61. The SMILES string of the molecule is COc1cccc2cc(C(=O)NCc3ccnc(N(C)C)n3)oc12. The molecule has 0 fully saturated rings. The van der Waals surface area contributed by atoms with Gasteiger partial charge < -0.3 is 19.4 Å². The van der Waals surface area contributed by atoms with Crippen molar-refractivity contribution in [3.63, 3.8) is 0 Å². The molecule has 1 amide bonds. The molecule has 1 aromatic carbocycles. The van der Waals surface area contributed by atoms with Crippen molar-refractivity contribution in [1.82, 2.24) is 15.3 Å². The summed E-state index contributed by atoms with van der Waals surface area (Å²) in [5.74, 6) is 1.11. The van der Waals surface area contributed by atoms with E-state index in [0.717, 1.165) is 11.1 Å². The number of hydrogen-bond acceptors (Lipinski definition) is 6. The number of methoxy groups -OCH3 is 1. The summed E-state index contributed by atoms with van der Waals surface area (Å²) >= 11 is 0. The highest BCUT2D eigenvalue weighted by atomic mass is 16.5. The number of benzene rings is 1. The minimum atomic E-state index is -0.307. The van der Waals surface area contributed by atoms with Crippen molar-refractivity contribution in [3.8, 4) is 5.75 Å². The third-order valence-electron chi connectivity index (χ3n) is 3.48. The lowest BCUT2D eigenvalue weighted by atomic mass is 10.2. The van der Waals surface area contributed by atoms with Crippen LogP contribution in [0, 0.1) is 0 Å². The highest BCUT2D eigenvalue weighted by Gasteiger charge is 2.14. The second-order valence-corrected chi connectivity index (χ2v) is 5.41. The first-order valence-electron chi connectivity index (χ1n) is 7.42. The normalized spacial score (nSPS) is 10.6. The molecule has 0 atom stereocenters. The van der Waals surface area contributed by atoms with E-state index in [-0.39, 0.29) is 18.2 Å². The van der Waals surface area contributed by atoms with Gasteiger partial charge in [-0.05, 0) is 18.2 Å². The van der Waals surface area contributed by atoms with Crippen LogP contribution in [0.4, 0.5) is 5.95 Å². The summed E-state index contributed by atoms with van der Waals surface area (Å²) in [6, 6.07) is 8.96. The number of para-hydroxylation sites is 1. The maximum absolute atomic E-state index is 12.3. The lowest BCUT2D eigenvalue weighted by molar-refractivity contribution is 0.0924. The Labute approximate surface area is 139 Å². The van der Waals surface area contributed by atoms with Crippen molar-refractivity contribution in [2.45, 2.75) is 6.54 Å². The second kappa shape index (κ2) is 6.57. The Morgan fingerprint density at radius 2 is 2.17 bits per heavy atom. The van der Waals surface area contributed by atoms with Crippen LogP contribution < -0.4 is 15.0 Å². The number of nitrogens with one attached hydrogen (secondary N) is 1. The molecule has 3 rings (SSSR count). The van der Waals surface area contributed by atoms with Gasteiger partial charge in [0.25, 0.3) is 5.91 Å². The first-order chi connectivity index (χ1) is 11.6. The highest BCUT2D eigenvalue weighted by molar-refractivity contribution is 5.97. The molecule has 2 aromatic heterocycles. The fourth-order valence-electron chi connectivity index (χ4n) is 2.27. The zero-order chi connectivity index (χ0) is 17.1. The van der Waals surface area contributed by atoms with E-state index in [2.05, 4.69) is 15.3 Å². The molecule has 0 saturated heterocycles. The number of carbonyl (C=O) groups excluding carboxylic acids is 1. The molecule has 24 heavy (non-hydrogen) atoms. The number of rotatable bonds is 5. The summed E-state index contributed by atoms with van der Waals surface area (Å²) in [6.45, 7) is 0.288. The van der Waals surface area contributed by atoms with Gasteiger partial charge in [0.05, 0.1) is 19.3 Å². The Morgan fingerprint density at radius 3 is 2.92 bits per heavy atom. The quantitative estimate of drug-likeness (QED) is 0.774. The topological polar surface area (TPSA) is 80.5 Å². The molecule has 3 aromatic rings. The largest absolute Gasteiger partial charge is 0.493 e. The minimum Gasteiger partial charge on any atom is -0.493 e. The van der Waals surface area contributed by atoms with E-state index < -0.39 is 0 Å². The van der Waals surface area contributed by atoms with Crippen LogP contribution in [-0.4, -0.2) is 37.1 Å². The van der Waals surface area contributed by atoms with Gasteiger partial charge in [0.15, 0.2) is 17.1 Å². The molecular weight excluding hydrogens is 308 g/mol. The second-order valence-electron chi connectivity index (χ2n) is 5.41. The third kappa shape index (κ3) is 3.15. The van der Waals surface area contributed by atoms with E-state index in [0.29, 0.717) is 17.3 Å². The molecule has 0 saturated carbocycles. The third-order valence-corrected chi connectivity index (χ3v) is 3.48. The number of nitrogens with zero attached hydrogens (tertiary/aromatic N) is 3. The summed E-state index contributed by atoms with van der Waals surface area (Å²) in [7, 11) is 5.29. The van der Waals surface area contributed by atoms with Crippen LogP contribution in [0.3, 0.4) is 0 Å². The van der Waals surface area contributed by atoms with Gasteiger partial charge in [-0.2, -0.15) is 0 Å². The molecule has 0 bridgehead atoms. The molecule has 7 nitrogen and oxygen atoms in total. The van der Waals surface area contributed by atoms with E-state index in [9.17, 15) is 4.79 Å². The van der Waals surface area contributed by atoms with Gasteiger partial charge in [-0.25, -0.2) is 9.97 Å². The molecule has 0 aliphatic heterocycles. The number of amides is 1. The van der Waals surface area contributed by atoms with Gasteiger partial charge in [-0.1, -0.05) is 12.1 Å². The zero-order valence-corrected chi connectivity index (χ0v) is 13.7. The van der Waals surface area contributed by atoms with Crippen molar-refractivity contribution in [2.24, 2.45) is 0 Å². The number of ether oxygens (including phenoxy) is 1. The average Bonchev–Trinajstić information content (AvgIpc) is 3.04. The molecule has 0 aliphatic rings. The standard InChI is InChI=1S/C17H18N4O3/c1-21(2)17-18-8-7-12(20-17)10-19-16(22)14-9-11-5-4-6-13(23-3)15(11)24-14/h4-9H,10H2,1-3H3,(H,19,22). The van der Waals surface area contributed by atoms with Crippen LogP contribution in [0.1, 0.15) is 16.2 Å². The van der Waals surface area contributed by atoms with E-state index in [4.69, 9.17) is 9.15 Å². The lowest BCUT2D eigenvalue weighted by Crippen LogP contribution is -2.23. The van der Waals surface area contributed by atoms with Crippen LogP contribution in [0.5, 0.6) is 5.75 Å². The minimum absolute atomic E-state index is 0.233. The monoisotopic (exact) mass is 326 g/mol. The van der Waals surface area contributed by atoms with Gasteiger partial charge in [-0.15, -0.1) is 0 Å². The summed E-state index contributed by atoms with van der Waals surface area (Å²) in [4.78, 5) is 22.6. The fraction of sp³-hybridized carbons (Fsp3) is 0.235. The van der Waals surface area contributed by atoms with Gasteiger partial charge in [0, 0.05) is 25.7 Å². The van der Waals surface area contributed by atoms with Gasteiger partial charge in [0.2, 0.25) is 5.95 Å². The van der Waals surface area contributed by atoms with Crippen LogP contribution in [0.25, 0.3) is 11.0 Å². The molecule has 0 unspecified atom stereocenters. The van der Waals surface area contributed by atoms with E-state index in [1.54, 1.807) is 36.4 Å². The van der Waals surface area contributed by atoms with Crippen molar-refractivity contribution in [2.75, 3.05) is 26.1 Å². The highest BCUT2D eigenvalue weighted by Crippen LogP contribution is 2.28. The lowest BCUT2D eigenvalue weighted by Gasteiger charge is -2.10. The fourth-order valence-corrected chi connectivity index (χ4v) is 2.27. The van der Waals surface area contributed by atoms with Gasteiger partial charge in [-0.3, -0.25) is 4.79 Å². The maximum atomic E-state index is 12.3. The smallest absolute Gasteiger partial charge is 0.287 e. The molecule has 7 heteroatoms. The summed E-state index contributed by atoms with van der Waals surface area (Å²) in [5.41, 5.74) is 1.28. The average molecular weight is 326 g/mol. The Morgan fingerprint density at radius 1 is 1.33 bits per heavy atom. The van der Waals surface area contributed by atoms with Crippen LogP contribution in [-0.2, 0) is 6.54 Å². The van der Waals surface area contributed by atoms with Gasteiger partial charge in [0.1, 0.15) is 0 Å². The molecule has 1 N–H and O–H groups in total. The molecule has 124 valence electrons. The van der Waals surface area contributed by atoms with Crippen molar-refractivity contribution in [3.05, 3.63) is 48.0 Å². The number of anilines is 1. The van der Waals surface area contributed by atoms with Crippen molar-refractivity contribution >= 4 is 22.8 Å². The molecular formula is C17H18N4O3. The molecule has 2 heterocycles. The maximum Gasteiger partial charge on any atom is 0.287 e. The van der Waals surface area contributed by atoms with Crippen molar-refractivity contribution in [1.29, 1.82) is 0 Å². The predicted octanol–water partition coefficient (Wildman–Crippen LogP) is 2.23. The number of aromatic nitrogens is 2. The van der Waals surface area contributed by atoms with E-state index in [1.165, 1.54) is 0 Å². The summed E-state index contributed by atoms with van der Waals surface area (Å²) < 4.78 is 10.9. The van der Waals surface area contributed by atoms with E-state index in [1.807, 2.05) is 26.2 Å². The predicted molar refractivity (Wildman–Crippen MR) is 90.3 cm³/mol. The molecule has 0 spiro atoms. The van der Waals surface area contributed by atoms with Crippen LogP contribution in [0.15, 0.2) is 40.9 Å².